The number of allylic oxidation sites excluding steroid dienone is 5. The van der Waals surface area contributed by atoms with Gasteiger partial charge in [0.2, 0.25) is 0 Å². The highest BCUT2D eigenvalue weighted by Crippen LogP contribution is 1.83. The fourth-order valence-corrected chi connectivity index (χ4v) is 0.523. The summed E-state index contributed by atoms with van der Waals surface area (Å²) in [7, 11) is 1.07. The van der Waals surface area contributed by atoms with Crippen LogP contribution in [0.15, 0.2) is 36.1 Å². The molecule has 44 valence electrons. The summed E-state index contributed by atoms with van der Waals surface area (Å²) >= 11 is 0. The molecule has 0 aromatic heterocycles. The first kappa shape index (κ1) is 7.44. The molecule has 0 saturated carbocycles. The molecule has 0 aliphatic carbocycles. The second kappa shape index (κ2) is 4.59. The molecule has 0 amide bonds. The van der Waals surface area contributed by atoms with Crippen LogP contribution in [-0.2, 0) is 0 Å². The van der Waals surface area contributed by atoms with E-state index >= 15 is 0 Å². The van der Waals surface area contributed by atoms with E-state index in [4.69, 9.17) is 0 Å². The molecule has 0 aromatic carbocycles. The number of hydrogen-bond donors (Lipinski definition) is 0. The van der Waals surface area contributed by atoms with Crippen molar-refractivity contribution in [3.8, 4) is 0 Å². The summed E-state index contributed by atoms with van der Waals surface area (Å²) in [6, 6.07) is 0. The van der Waals surface area contributed by atoms with Crippen LogP contribution in [0.3, 0.4) is 0 Å². The number of hydrogen-bond acceptors (Lipinski definition) is 0. The summed E-state index contributed by atoms with van der Waals surface area (Å²) in [6.07, 6.45) is 8.05. The van der Waals surface area contributed by atoms with Crippen LogP contribution in [0.25, 0.3) is 0 Å². The van der Waals surface area contributed by atoms with Crippen LogP contribution in [0.2, 0.25) is 0 Å². The van der Waals surface area contributed by atoms with Crippen molar-refractivity contribution in [3.63, 3.8) is 0 Å². The van der Waals surface area contributed by atoms with Crippen LogP contribution < -0.4 is 0 Å². The van der Waals surface area contributed by atoms with Crippen molar-refractivity contribution in [2.75, 3.05) is 0 Å². The first-order chi connectivity index (χ1) is 3.77. The summed E-state index contributed by atoms with van der Waals surface area (Å²) < 4.78 is 0. The third kappa shape index (κ3) is 5.44. The minimum atomic E-state index is 1.07. The van der Waals surface area contributed by atoms with Gasteiger partial charge >= 0.3 is 0 Å². The molecule has 8 heavy (non-hydrogen) atoms. The molecule has 0 fully saturated rings. The molecule has 0 rings (SSSR count). The van der Waals surface area contributed by atoms with Gasteiger partial charge < -0.3 is 0 Å². The van der Waals surface area contributed by atoms with Gasteiger partial charge in [-0.1, -0.05) is 29.5 Å². The Morgan fingerprint density at radius 3 is 2.50 bits per heavy atom. The van der Waals surface area contributed by atoms with E-state index in [2.05, 4.69) is 6.58 Å². The van der Waals surface area contributed by atoms with E-state index in [1.165, 1.54) is 5.20 Å². The Morgan fingerprint density at radius 1 is 1.50 bits per heavy atom. The van der Waals surface area contributed by atoms with Crippen molar-refractivity contribution in [1.29, 1.82) is 0 Å². The maximum atomic E-state index is 3.77. The first-order valence-corrected chi connectivity index (χ1v) is 3.72. The fraction of sp³-hybridized carbons (Fsp3) is 0.143. The Bertz CT molecular complexity index is 120. The zero-order valence-electron chi connectivity index (χ0n) is 5.52. The predicted molar refractivity (Wildman–Crippen MR) is 43.0 cm³/mol. The zero-order valence-corrected chi connectivity index (χ0v) is 7.52. The molecule has 0 unspecified atom stereocenters. The van der Waals surface area contributed by atoms with Crippen LogP contribution in [0.1, 0.15) is 6.92 Å². The molecule has 0 nitrogen and oxygen atoms in total. The van der Waals surface area contributed by atoms with Crippen molar-refractivity contribution >= 4 is 10.2 Å². The van der Waals surface area contributed by atoms with Gasteiger partial charge in [-0.3, -0.25) is 0 Å². The van der Waals surface area contributed by atoms with Crippen molar-refractivity contribution in [2.24, 2.45) is 0 Å². The lowest BCUT2D eigenvalue weighted by Crippen LogP contribution is -1.65. The normalized spacial score (nSPS) is 11.6. The van der Waals surface area contributed by atoms with E-state index in [-0.39, 0.29) is 0 Å². The first-order valence-electron chi connectivity index (χ1n) is 2.72. The Kier molecular flexibility index (Phi) is 4.27. The lowest BCUT2D eigenvalue weighted by Gasteiger charge is -1.78. The van der Waals surface area contributed by atoms with Crippen LogP contribution >= 0.6 is 0 Å². The second-order valence-corrected chi connectivity index (χ2v) is 3.02. The largest absolute Gasteiger partial charge is 0.101 e. The number of rotatable bonds is 2. The van der Waals surface area contributed by atoms with Gasteiger partial charge in [0.1, 0.15) is 0 Å². The topological polar surface area (TPSA) is 0 Å². The minimum absolute atomic E-state index is 1.07. The Balaban J connectivity index is 3.50. The van der Waals surface area contributed by atoms with Crippen LogP contribution in [0.4, 0.5) is 0 Å². The van der Waals surface area contributed by atoms with E-state index in [1.54, 1.807) is 0 Å². The minimum Gasteiger partial charge on any atom is -0.101 e. The van der Waals surface area contributed by atoms with Crippen LogP contribution in [0.5, 0.6) is 0 Å². The summed E-state index contributed by atoms with van der Waals surface area (Å²) in [6.45, 7) is 5.77. The molecule has 0 aliphatic rings. The van der Waals surface area contributed by atoms with Gasteiger partial charge in [-0.05, 0) is 6.92 Å². The van der Waals surface area contributed by atoms with Crippen LogP contribution in [-0.4, -0.2) is 10.2 Å². The van der Waals surface area contributed by atoms with Gasteiger partial charge in [0, 0.05) is 10.2 Å². The molecule has 0 aliphatic heterocycles. The Labute approximate surface area is 54.0 Å². The molecule has 0 radical (unpaired) electrons. The maximum absolute atomic E-state index is 3.77. The third-order valence-corrected chi connectivity index (χ3v) is 1.02. The van der Waals surface area contributed by atoms with E-state index in [9.17, 15) is 0 Å². The van der Waals surface area contributed by atoms with Gasteiger partial charge in [-0.15, -0.1) is 6.58 Å². The summed E-state index contributed by atoms with van der Waals surface area (Å²) in [5.41, 5.74) is 0. The lowest BCUT2D eigenvalue weighted by molar-refractivity contribution is 1.73. The maximum Gasteiger partial charge on any atom is 0.0377 e. The standard InChI is InChI=1S/C7H12Si/c1-3-4-5-6-7(2)8/h3-6H,2H2,1,8H3. The van der Waals surface area contributed by atoms with E-state index in [0.29, 0.717) is 0 Å². The molecule has 0 aromatic rings. The highest BCUT2D eigenvalue weighted by molar-refractivity contribution is 6.23. The molecule has 0 N–H and O–H groups in total. The molecular weight excluding hydrogens is 112 g/mol. The summed E-state index contributed by atoms with van der Waals surface area (Å²) in [5.74, 6) is 0. The summed E-state index contributed by atoms with van der Waals surface area (Å²) in [4.78, 5) is 0. The fourth-order valence-electron chi connectivity index (χ4n) is 0.331. The molecule has 0 saturated heterocycles. The molecule has 1 heteroatoms. The van der Waals surface area contributed by atoms with Crippen molar-refractivity contribution < 1.29 is 0 Å². The smallest absolute Gasteiger partial charge is 0.0377 e. The predicted octanol–water partition coefficient (Wildman–Crippen LogP) is 0.998. The monoisotopic (exact) mass is 124 g/mol. The third-order valence-electron chi connectivity index (χ3n) is 0.684. The van der Waals surface area contributed by atoms with Crippen LogP contribution in [0, 0.1) is 0 Å². The van der Waals surface area contributed by atoms with Gasteiger partial charge in [-0.2, -0.15) is 0 Å². The SMILES string of the molecule is C=C([SiH3])C=CC=CC. The highest BCUT2D eigenvalue weighted by Gasteiger charge is 1.66. The van der Waals surface area contributed by atoms with Gasteiger partial charge in [-0.25, -0.2) is 0 Å². The Morgan fingerprint density at radius 2 is 2.12 bits per heavy atom. The summed E-state index contributed by atoms with van der Waals surface area (Å²) in [5, 5.41) is 1.23. The molecule has 0 spiro atoms. The highest BCUT2D eigenvalue weighted by atomic mass is 28.1. The zero-order chi connectivity index (χ0) is 6.41. The quantitative estimate of drug-likeness (QED) is 0.380. The molecule has 0 atom stereocenters. The lowest BCUT2D eigenvalue weighted by atomic mass is 10.4. The second-order valence-electron chi connectivity index (χ2n) is 1.73. The average Bonchev–Trinajstić information content (AvgIpc) is 1.66. The van der Waals surface area contributed by atoms with Crippen molar-refractivity contribution in [2.45, 2.75) is 6.92 Å². The average molecular weight is 124 g/mol. The van der Waals surface area contributed by atoms with Gasteiger partial charge in [0.05, 0.1) is 0 Å². The van der Waals surface area contributed by atoms with Crippen molar-refractivity contribution in [3.05, 3.63) is 36.1 Å². The van der Waals surface area contributed by atoms with E-state index < -0.39 is 0 Å². The molecular formula is C7H12Si. The van der Waals surface area contributed by atoms with Gasteiger partial charge in [0.15, 0.2) is 0 Å². The molecule has 0 bridgehead atoms. The van der Waals surface area contributed by atoms with Gasteiger partial charge in [0.25, 0.3) is 0 Å². The van der Waals surface area contributed by atoms with E-state index in [0.717, 1.165) is 10.2 Å². The van der Waals surface area contributed by atoms with Crippen molar-refractivity contribution in [1.82, 2.24) is 0 Å². The van der Waals surface area contributed by atoms with E-state index in [1.807, 2.05) is 31.2 Å². The Hall–Kier alpha value is -0.563. The molecule has 0 heterocycles.